The summed E-state index contributed by atoms with van der Waals surface area (Å²) in [5, 5.41) is 4.10. The Morgan fingerprint density at radius 2 is 2.32 bits per heavy atom. The van der Waals surface area contributed by atoms with E-state index >= 15 is 0 Å². The number of anilines is 1. The molecule has 0 aliphatic carbocycles. The molecule has 2 heterocycles. The summed E-state index contributed by atoms with van der Waals surface area (Å²) in [5.74, 6) is 0. The third-order valence-corrected chi connectivity index (χ3v) is 3.10. The molecule has 6 heteroatoms. The number of carbonyl (C=O) groups is 1. The summed E-state index contributed by atoms with van der Waals surface area (Å²) in [6, 6.07) is 1.57. The van der Waals surface area contributed by atoms with Gasteiger partial charge in [0.2, 0.25) is 0 Å². The zero-order chi connectivity index (χ0) is 13.9. The summed E-state index contributed by atoms with van der Waals surface area (Å²) in [6.45, 7) is 6.50. The van der Waals surface area contributed by atoms with Crippen molar-refractivity contribution in [2.24, 2.45) is 0 Å². The predicted molar refractivity (Wildman–Crippen MR) is 71.4 cm³/mol. The minimum atomic E-state index is -0.218. The molecule has 1 aromatic rings. The van der Waals surface area contributed by atoms with Crippen LogP contribution in [0.2, 0.25) is 0 Å². The van der Waals surface area contributed by atoms with Crippen molar-refractivity contribution in [2.75, 3.05) is 24.6 Å². The van der Waals surface area contributed by atoms with Gasteiger partial charge in [-0.25, -0.2) is 4.68 Å². The van der Waals surface area contributed by atoms with Gasteiger partial charge in [-0.15, -0.1) is 0 Å². The first-order chi connectivity index (χ1) is 9.02. The highest BCUT2D eigenvalue weighted by Crippen LogP contribution is 2.21. The van der Waals surface area contributed by atoms with Gasteiger partial charge in [0.15, 0.2) is 0 Å². The van der Waals surface area contributed by atoms with Crippen molar-refractivity contribution in [3.63, 3.8) is 0 Å². The van der Waals surface area contributed by atoms with E-state index < -0.39 is 0 Å². The lowest BCUT2D eigenvalue weighted by atomic mass is 10.1. The number of nitrogens with zero attached hydrogens (tertiary/aromatic N) is 3. The second-order valence-corrected chi connectivity index (χ2v) is 5.26. The van der Waals surface area contributed by atoms with Crippen LogP contribution in [0, 0.1) is 0 Å². The molecule has 1 aliphatic heterocycles. The molecule has 1 saturated heterocycles. The van der Waals surface area contributed by atoms with Crippen LogP contribution < -0.4 is 10.5 Å². The molecule has 0 amide bonds. The smallest absolute Gasteiger partial charge is 0.268 e. The third kappa shape index (κ3) is 3.41. The zero-order valence-electron chi connectivity index (χ0n) is 11.3. The quantitative estimate of drug-likeness (QED) is 0.739. The van der Waals surface area contributed by atoms with E-state index in [0.717, 1.165) is 25.1 Å². The maximum Gasteiger partial charge on any atom is 0.268 e. The number of aryl methyl sites for hydroxylation is 1. The van der Waals surface area contributed by atoms with Crippen LogP contribution in [0.3, 0.4) is 0 Å². The number of hydrogen-bond acceptors (Lipinski definition) is 5. The van der Waals surface area contributed by atoms with Gasteiger partial charge in [0.1, 0.15) is 6.29 Å². The van der Waals surface area contributed by atoms with Gasteiger partial charge < -0.3 is 14.4 Å². The molecule has 0 spiro atoms. The SMILES string of the molecule is CC1(C)CN(c2cnn(CCC=O)c(=O)c2)CCO1. The lowest BCUT2D eigenvalue weighted by Crippen LogP contribution is -2.48. The number of carbonyl (C=O) groups excluding carboxylic acids is 1. The van der Waals surface area contributed by atoms with Gasteiger partial charge in [-0.3, -0.25) is 4.79 Å². The first-order valence-electron chi connectivity index (χ1n) is 6.41. The van der Waals surface area contributed by atoms with Gasteiger partial charge in [0.05, 0.1) is 30.6 Å². The normalized spacial score (nSPS) is 18.3. The molecular weight excluding hydrogens is 246 g/mol. The molecule has 0 N–H and O–H groups in total. The van der Waals surface area contributed by atoms with E-state index in [9.17, 15) is 9.59 Å². The Hall–Kier alpha value is -1.69. The Kier molecular flexibility index (Phi) is 3.99. The van der Waals surface area contributed by atoms with E-state index in [2.05, 4.69) is 10.00 Å². The Morgan fingerprint density at radius 1 is 1.53 bits per heavy atom. The van der Waals surface area contributed by atoms with Gasteiger partial charge in [-0.1, -0.05) is 0 Å². The average Bonchev–Trinajstić information content (AvgIpc) is 2.36. The van der Waals surface area contributed by atoms with Crippen molar-refractivity contribution in [2.45, 2.75) is 32.4 Å². The van der Waals surface area contributed by atoms with Crippen molar-refractivity contribution >= 4 is 12.0 Å². The highest BCUT2D eigenvalue weighted by Gasteiger charge is 2.27. The van der Waals surface area contributed by atoms with Crippen LogP contribution >= 0.6 is 0 Å². The molecule has 2 rings (SSSR count). The van der Waals surface area contributed by atoms with E-state index in [1.165, 1.54) is 4.68 Å². The molecule has 0 saturated carbocycles. The average molecular weight is 265 g/mol. The molecule has 0 radical (unpaired) electrons. The van der Waals surface area contributed by atoms with Crippen molar-refractivity contribution in [3.8, 4) is 0 Å². The highest BCUT2D eigenvalue weighted by molar-refractivity contribution is 5.49. The van der Waals surface area contributed by atoms with Gasteiger partial charge in [0.25, 0.3) is 5.56 Å². The molecular formula is C13H19N3O3. The van der Waals surface area contributed by atoms with E-state index in [1.807, 2.05) is 13.8 Å². The van der Waals surface area contributed by atoms with Crippen LogP contribution in [-0.2, 0) is 16.1 Å². The maximum atomic E-state index is 11.9. The minimum absolute atomic E-state index is 0.177. The largest absolute Gasteiger partial charge is 0.372 e. The van der Waals surface area contributed by atoms with E-state index in [1.54, 1.807) is 12.3 Å². The fourth-order valence-corrected chi connectivity index (χ4v) is 2.18. The zero-order valence-corrected chi connectivity index (χ0v) is 11.3. The van der Waals surface area contributed by atoms with E-state index in [4.69, 9.17) is 4.74 Å². The number of ether oxygens (including phenoxy) is 1. The second-order valence-electron chi connectivity index (χ2n) is 5.26. The fraction of sp³-hybridized carbons (Fsp3) is 0.615. The summed E-state index contributed by atoms with van der Waals surface area (Å²) < 4.78 is 6.95. The summed E-state index contributed by atoms with van der Waals surface area (Å²) >= 11 is 0. The Bertz CT molecular complexity index is 510. The van der Waals surface area contributed by atoms with Crippen molar-refractivity contribution in [1.82, 2.24) is 9.78 Å². The topological polar surface area (TPSA) is 64.4 Å². The maximum absolute atomic E-state index is 11.9. The first-order valence-corrected chi connectivity index (χ1v) is 6.41. The van der Waals surface area contributed by atoms with E-state index in [-0.39, 0.29) is 11.2 Å². The van der Waals surface area contributed by atoms with Gasteiger partial charge in [-0.2, -0.15) is 5.10 Å². The van der Waals surface area contributed by atoms with E-state index in [0.29, 0.717) is 19.6 Å². The lowest BCUT2D eigenvalue weighted by Gasteiger charge is -2.39. The standard InChI is InChI=1S/C13H19N3O3/c1-13(2)10-15(5-7-19-13)11-8-12(18)16(14-9-11)4-3-6-17/h6,8-9H,3-5,7,10H2,1-2H3. The van der Waals surface area contributed by atoms with Crippen LogP contribution in [0.5, 0.6) is 0 Å². The summed E-state index contributed by atoms with van der Waals surface area (Å²) in [6.07, 6.45) is 2.76. The fourth-order valence-electron chi connectivity index (χ4n) is 2.18. The van der Waals surface area contributed by atoms with Crippen LogP contribution in [0.15, 0.2) is 17.1 Å². The first kappa shape index (κ1) is 13.7. The number of morpholine rings is 1. The molecule has 0 unspecified atom stereocenters. The minimum Gasteiger partial charge on any atom is -0.372 e. The van der Waals surface area contributed by atoms with Crippen molar-refractivity contribution in [1.29, 1.82) is 0 Å². The van der Waals surface area contributed by atoms with Crippen LogP contribution in [0.1, 0.15) is 20.3 Å². The molecule has 1 fully saturated rings. The number of aromatic nitrogens is 2. The summed E-state index contributed by atoms with van der Waals surface area (Å²) in [4.78, 5) is 24.3. The molecule has 104 valence electrons. The monoisotopic (exact) mass is 265 g/mol. The van der Waals surface area contributed by atoms with Crippen molar-refractivity contribution < 1.29 is 9.53 Å². The molecule has 0 aromatic carbocycles. The second kappa shape index (κ2) is 5.52. The molecule has 1 aromatic heterocycles. The molecule has 1 aliphatic rings. The molecule has 0 atom stereocenters. The van der Waals surface area contributed by atoms with Gasteiger partial charge in [-0.05, 0) is 13.8 Å². The van der Waals surface area contributed by atoms with Crippen molar-refractivity contribution in [3.05, 3.63) is 22.6 Å². The van der Waals surface area contributed by atoms with Crippen LogP contribution in [0.25, 0.3) is 0 Å². The lowest BCUT2D eigenvalue weighted by molar-refractivity contribution is -0.108. The molecule has 0 bridgehead atoms. The summed E-state index contributed by atoms with van der Waals surface area (Å²) in [7, 11) is 0. The number of aldehydes is 1. The Morgan fingerprint density at radius 3 is 2.95 bits per heavy atom. The Balaban J connectivity index is 2.15. The molecule has 6 nitrogen and oxygen atoms in total. The Labute approximate surface area is 112 Å². The van der Waals surface area contributed by atoms with Gasteiger partial charge >= 0.3 is 0 Å². The predicted octanol–water partition coefficient (Wildman–Crippen LogP) is 0.447. The van der Waals surface area contributed by atoms with Crippen LogP contribution in [-0.4, -0.2) is 41.4 Å². The highest BCUT2D eigenvalue weighted by atomic mass is 16.5. The molecule has 19 heavy (non-hydrogen) atoms. The number of hydrogen-bond donors (Lipinski definition) is 0. The summed E-state index contributed by atoms with van der Waals surface area (Å²) in [5.41, 5.74) is 0.414. The third-order valence-electron chi connectivity index (χ3n) is 3.10. The van der Waals surface area contributed by atoms with Crippen LogP contribution in [0.4, 0.5) is 5.69 Å². The van der Waals surface area contributed by atoms with Gasteiger partial charge in [0, 0.05) is 25.6 Å². The number of rotatable bonds is 4.